The normalized spacial score (nSPS) is 13.8. The number of aryl methyl sites for hydroxylation is 2. The van der Waals surface area contributed by atoms with Crippen molar-refractivity contribution in [2.24, 2.45) is 0 Å². The van der Waals surface area contributed by atoms with Gasteiger partial charge in [-0.2, -0.15) is 13.2 Å². The first-order valence-corrected chi connectivity index (χ1v) is 13.4. The van der Waals surface area contributed by atoms with Gasteiger partial charge in [-0.05, 0) is 43.5 Å². The Morgan fingerprint density at radius 1 is 1.16 bits per heavy atom. The summed E-state index contributed by atoms with van der Waals surface area (Å²) in [6, 6.07) is 6.87. The smallest absolute Gasteiger partial charge is 0.475 e. The number of carboxylic acid groups (broad SMARTS) is 1. The number of unbranched alkanes of at least 4 members (excludes halogenated alkanes) is 1. The number of aliphatic carboxylic acids is 1. The van der Waals surface area contributed by atoms with E-state index in [1.165, 1.54) is 6.20 Å². The molecule has 2 aromatic rings. The van der Waals surface area contributed by atoms with Crippen LogP contribution >= 0.6 is 0 Å². The number of carbonyl (C=O) groups excluding carboxylic acids is 1. The quantitative estimate of drug-likeness (QED) is 0.362. The lowest BCUT2D eigenvalue weighted by Crippen LogP contribution is -2.44. The van der Waals surface area contributed by atoms with Crippen molar-refractivity contribution in [3.63, 3.8) is 0 Å². The fourth-order valence-electron chi connectivity index (χ4n) is 3.49. The van der Waals surface area contributed by atoms with Crippen LogP contribution in [0.25, 0.3) is 0 Å². The van der Waals surface area contributed by atoms with Crippen molar-refractivity contribution < 1.29 is 36.3 Å². The molecule has 0 unspecified atom stereocenters. The van der Waals surface area contributed by atoms with Crippen LogP contribution in [-0.4, -0.2) is 69.3 Å². The second-order valence-electron chi connectivity index (χ2n) is 8.62. The Balaban J connectivity index is 0.000000638. The van der Waals surface area contributed by atoms with Crippen molar-refractivity contribution in [1.82, 2.24) is 15.6 Å². The Morgan fingerprint density at radius 2 is 1.79 bits per heavy atom. The van der Waals surface area contributed by atoms with E-state index < -0.39 is 22.2 Å². The number of alkyl halides is 3. The summed E-state index contributed by atoms with van der Waals surface area (Å²) in [6.45, 7) is 9.30. The van der Waals surface area contributed by atoms with Gasteiger partial charge in [-0.1, -0.05) is 25.5 Å². The van der Waals surface area contributed by atoms with Crippen LogP contribution < -0.4 is 20.3 Å². The minimum atomic E-state index is -5.08. The lowest BCUT2D eigenvalue weighted by atomic mass is 10.2. The monoisotopic (exact) mass is 559 g/mol. The number of rotatable bonds is 8. The third kappa shape index (κ3) is 8.87. The van der Waals surface area contributed by atoms with Crippen LogP contribution in [0.3, 0.4) is 0 Å². The number of hydrogen-bond acceptors (Lipinski definition) is 7. The van der Waals surface area contributed by atoms with Gasteiger partial charge in [0.05, 0.1) is 22.3 Å². The highest BCUT2D eigenvalue weighted by molar-refractivity contribution is 7.92. The standard InChI is InChI=1S/C22H31N5O3S.C2HF3O2/c1-4-5-8-24-22(28)19-14-18(15-25-21(19)27-11-9-23-10-12-27)26-31(29,30)20-13-16(2)6-7-17(20)3;3-2(4,5)1(6)7/h6-7,13-15,23,26H,4-5,8-12H2,1-3H3,(H,24,28);(H,6,7). The van der Waals surface area contributed by atoms with E-state index in [4.69, 9.17) is 9.90 Å². The summed E-state index contributed by atoms with van der Waals surface area (Å²) < 4.78 is 60.3. The highest BCUT2D eigenvalue weighted by Crippen LogP contribution is 2.25. The molecule has 0 aliphatic carbocycles. The lowest BCUT2D eigenvalue weighted by molar-refractivity contribution is -0.192. The Bertz CT molecular complexity index is 1230. The molecule has 210 valence electrons. The van der Waals surface area contributed by atoms with E-state index in [9.17, 15) is 26.4 Å². The molecule has 0 atom stereocenters. The molecule has 1 fully saturated rings. The van der Waals surface area contributed by atoms with Crippen LogP contribution in [0.1, 0.15) is 41.3 Å². The molecule has 38 heavy (non-hydrogen) atoms. The van der Waals surface area contributed by atoms with Crippen LogP contribution in [0, 0.1) is 13.8 Å². The minimum absolute atomic E-state index is 0.215. The number of amides is 1. The van der Waals surface area contributed by atoms with E-state index in [0.29, 0.717) is 23.5 Å². The fourth-order valence-corrected chi connectivity index (χ4v) is 4.85. The van der Waals surface area contributed by atoms with Crippen LogP contribution in [-0.2, 0) is 14.8 Å². The number of aromatic nitrogens is 1. The molecule has 10 nitrogen and oxygen atoms in total. The number of hydrogen-bond donors (Lipinski definition) is 4. The van der Waals surface area contributed by atoms with Gasteiger partial charge in [0.15, 0.2) is 0 Å². The molecule has 14 heteroatoms. The predicted octanol–water partition coefficient (Wildman–Crippen LogP) is 3.07. The molecular formula is C24H32F3N5O5S. The van der Waals surface area contributed by atoms with Crippen molar-refractivity contribution >= 4 is 33.4 Å². The van der Waals surface area contributed by atoms with Gasteiger partial charge in [-0.25, -0.2) is 18.2 Å². The Labute approximate surface area is 219 Å². The molecule has 1 aromatic carbocycles. The van der Waals surface area contributed by atoms with E-state index in [1.807, 2.05) is 17.9 Å². The molecule has 4 N–H and O–H groups in total. The van der Waals surface area contributed by atoms with Gasteiger partial charge in [-0.3, -0.25) is 9.52 Å². The zero-order chi connectivity index (χ0) is 28.5. The van der Waals surface area contributed by atoms with E-state index in [2.05, 4.69) is 27.3 Å². The number of carboxylic acids is 1. The summed E-state index contributed by atoms with van der Waals surface area (Å²) in [5, 5.41) is 13.3. The molecular weight excluding hydrogens is 527 g/mol. The maximum absolute atomic E-state index is 13.0. The molecule has 0 radical (unpaired) electrons. The molecule has 3 rings (SSSR count). The molecule has 1 aliphatic heterocycles. The summed E-state index contributed by atoms with van der Waals surface area (Å²) in [6.07, 6.45) is -1.76. The Kier molecular flexibility index (Phi) is 10.9. The Hall–Kier alpha value is -3.39. The number of anilines is 2. The lowest BCUT2D eigenvalue weighted by Gasteiger charge is -2.30. The zero-order valence-corrected chi connectivity index (χ0v) is 22.2. The predicted molar refractivity (Wildman–Crippen MR) is 137 cm³/mol. The molecule has 2 heterocycles. The molecule has 0 saturated carbocycles. The van der Waals surface area contributed by atoms with E-state index in [-0.39, 0.29) is 16.5 Å². The molecule has 1 saturated heterocycles. The maximum Gasteiger partial charge on any atom is 0.490 e. The Morgan fingerprint density at radius 3 is 2.37 bits per heavy atom. The topological polar surface area (TPSA) is 141 Å². The minimum Gasteiger partial charge on any atom is -0.475 e. The maximum atomic E-state index is 13.0. The van der Waals surface area contributed by atoms with Gasteiger partial charge >= 0.3 is 12.1 Å². The number of benzene rings is 1. The summed E-state index contributed by atoms with van der Waals surface area (Å²) in [5.41, 5.74) is 2.15. The molecule has 1 aromatic heterocycles. The van der Waals surface area contributed by atoms with E-state index in [0.717, 1.165) is 44.6 Å². The van der Waals surface area contributed by atoms with E-state index >= 15 is 0 Å². The first-order chi connectivity index (χ1) is 17.8. The largest absolute Gasteiger partial charge is 0.490 e. The molecule has 1 aliphatic rings. The van der Waals surface area contributed by atoms with Gasteiger partial charge in [0, 0.05) is 32.7 Å². The second kappa shape index (κ2) is 13.4. The average molecular weight is 560 g/mol. The van der Waals surface area contributed by atoms with Crippen molar-refractivity contribution in [2.45, 2.75) is 44.7 Å². The molecule has 0 bridgehead atoms. The van der Waals surface area contributed by atoms with Gasteiger partial charge in [0.1, 0.15) is 5.82 Å². The van der Waals surface area contributed by atoms with E-state index in [1.54, 1.807) is 25.1 Å². The number of piperazine rings is 1. The van der Waals surface area contributed by atoms with Crippen molar-refractivity contribution in [1.29, 1.82) is 0 Å². The molecule has 1 amide bonds. The summed E-state index contributed by atoms with van der Waals surface area (Å²) in [4.78, 5) is 28.5. The SMILES string of the molecule is CCCCNC(=O)c1cc(NS(=O)(=O)c2cc(C)ccc2C)cnc1N1CCNCC1.O=C(O)C(F)(F)F. The summed E-state index contributed by atoms with van der Waals surface area (Å²) in [5.74, 6) is -2.43. The highest BCUT2D eigenvalue weighted by Gasteiger charge is 2.38. The second-order valence-corrected chi connectivity index (χ2v) is 10.3. The first-order valence-electron chi connectivity index (χ1n) is 11.9. The van der Waals surface area contributed by atoms with Crippen molar-refractivity contribution in [2.75, 3.05) is 42.3 Å². The third-order valence-electron chi connectivity index (χ3n) is 5.47. The number of nitrogens with one attached hydrogen (secondary N) is 3. The van der Waals surface area contributed by atoms with Gasteiger partial charge in [0.25, 0.3) is 15.9 Å². The number of carbonyl (C=O) groups is 2. The third-order valence-corrected chi connectivity index (χ3v) is 6.99. The number of sulfonamides is 1. The highest BCUT2D eigenvalue weighted by atomic mass is 32.2. The van der Waals surface area contributed by atoms with Crippen LogP contribution in [0.4, 0.5) is 24.7 Å². The average Bonchev–Trinajstić information content (AvgIpc) is 2.85. The van der Waals surface area contributed by atoms with Crippen LogP contribution in [0.2, 0.25) is 0 Å². The fraction of sp³-hybridized carbons (Fsp3) is 0.458. The van der Waals surface area contributed by atoms with Crippen molar-refractivity contribution in [3.8, 4) is 0 Å². The van der Waals surface area contributed by atoms with Gasteiger partial charge in [0.2, 0.25) is 0 Å². The van der Waals surface area contributed by atoms with Gasteiger partial charge < -0.3 is 20.6 Å². The summed E-state index contributed by atoms with van der Waals surface area (Å²) >= 11 is 0. The number of pyridine rings is 1. The number of halogens is 3. The summed E-state index contributed by atoms with van der Waals surface area (Å²) in [7, 11) is -3.81. The number of nitrogens with zero attached hydrogens (tertiary/aromatic N) is 2. The molecule has 0 spiro atoms. The first kappa shape index (κ1) is 30.8. The van der Waals surface area contributed by atoms with Crippen LogP contribution in [0.15, 0.2) is 35.4 Å². The van der Waals surface area contributed by atoms with Crippen LogP contribution in [0.5, 0.6) is 0 Å². The zero-order valence-electron chi connectivity index (χ0n) is 21.4. The van der Waals surface area contributed by atoms with Gasteiger partial charge in [-0.15, -0.1) is 0 Å². The van der Waals surface area contributed by atoms with Crippen molar-refractivity contribution in [3.05, 3.63) is 47.2 Å².